The summed E-state index contributed by atoms with van der Waals surface area (Å²) in [6, 6.07) is 3.79. The Morgan fingerprint density at radius 3 is 2.23 bits per heavy atom. The Morgan fingerprint density at radius 2 is 1.73 bits per heavy atom. The summed E-state index contributed by atoms with van der Waals surface area (Å²) >= 11 is 6.06. The van der Waals surface area contributed by atoms with Gasteiger partial charge in [0.05, 0.1) is 27.5 Å². The predicted molar refractivity (Wildman–Crippen MR) is 78.3 cm³/mol. The van der Waals surface area contributed by atoms with E-state index in [-0.39, 0.29) is 51.9 Å². The number of carbonyl (C=O) groups is 2. The molecular weight excluding hydrogens is 308 g/mol. The van der Waals surface area contributed by atoms with E-state index in [0.29, 0.717) is 0 Å². The van der Waals surface area contributed by atoms with Crippen molar-refractivity contribution in [3.63, 3.8) is 0 Å². The lowest BCUT2D eigenvalue weighted by Gasteiger charge is -2.18. The Morgan fingerprint density at radius 1 is 1.14 bits per heavy atom. The van der Waals surface area contributed by atoms with Crippen LogP contribution in [0.15, 0.2) is 30.4 Å². The molecule has 0 spiro atoms. The number of imide groups is 1. The fourth-order valence-electron chi connectivity index (χ4n) is 3.93. The van der Waals surface area contributed by atoms with Gasteiger partial charge in [-0.3, -0.25) is 19.7 Å². The molecule has 1 heterocycles. The fourth-order valence-corrected chi connectivity index (χ4v) is 4.19. The first-order chi connectivity index (χ1) is 10.5. The van der Waals surface area contributed by atoms with Crippen LogP contribution in [0.5, 0.6) is 0 Å². The largest absolute Gasteiger partial charge is 0.274 e. The number of amides is 2. The zero-order valence-electron chi connectivity index (χ0n) is 11.3. The van der Waals surface area contributed by atoms with Crippen molar-refractivity contribution in [2.45, 2.75) is 6.42 Å². The van der Waals surface area contributed by atoms with E-state index in [0.717, 1.165) is 11.3 Å². The van der Waals surface area contributed by atoms with Crippen LogP contribution in [-0.4, -0.2) is 16.7 Å². The maximum absolute atomic E-state index is 12.6. The van der Waals surface area contributed by atoms with E-state index in [1.165, 1.54) is 18.2 Å². The summed E-state index contributed by atoms with van der Waals surface area (Å²) in [5.74, 6) is -0.880. The Bertz CT molecular complexity index is 730. The van der Waals surface area contributed by atoms with Crippen LogP contribution in [0.25, 0.3) is 0 Å². The standard InChI is InChI=1S/C15H11ClN2O4/c16-10-6-9(18(21)22)3-4-11(10)17-14(19)12-7-1-2-8(5-7)13(12)15(17)20/h1-4,6-8,12-13H,5H2/t7-,8+,12-,13+. The van der Waals surface area contributed by atoms with Gasteiger partial charge in [0.25, 0.3) is 5.69 Å². The Balaban J connectivity index is 1.74. The number of halogens is 1. The molecule has 1 aromatic carbocycles. The summed E-state index contributed by atoms with van der Waals surface area (Å²) in [6.45, 7) is 0. The minimum Gasteiger partial charge on any atom is -0.274 e. The van der Waals surface area contributed by atoms with Crippen molar-refractivity contribution in [3.8, 4) is 0 Å². The Labute approximate surface area is 130 Å². The average molecular weight is 319 g/mol. The van der Waals surface area contributed by atoms with E-state index in [1.807, 2.05) is 12.2 Å². The third-order valence-corrected chi connectivity index (χ3v) is 5.16. The van der Waals surface area contributed by atoms with Crippen molar-refractivity contribution in [2.75, 3.05) is 4.90 Å². The molecule has 1 saturated carbocycles. The summed E-state index contributed by atoms with van der Waals surface area (Å²) in [7, 11) is 0. The molecule has 2 amide bonds. The molecule has 0 N–H and O–H groups in total. The second kappa shape index (κ2) is 4.39. The average Bonchev–Trinajstić information content (AvgIpc) is 3.14. The van der Waals surface area contributed by atoms with E-state index in [1.54, 1.807) is 0 Å². The Kier molecular flexibility index (Phi) is 2.69. The number of non-ortho nitro benzene ring substituents is 1. The first kappa shape index (κ1) is 13.5. The van der Waals surface area contributed by atoms with Crippen LogP contribution in [0.3, 0.4) is 0 Å². The van der Waals surface area contributed by atoms with Gasteiger partial charge >= 0.3 is 0 Å². The maximum Gasteiger partial charge on any atom is 0.271 e. The van der Waals surface area contributed by atoms with Crippen LogP contribution in [0.4, 0.5) is 11.4 Å². The van der Waals surface area contributed by atoms with Crippen molar-refractivity contribution in [2.24, 2.45) is 23.7 Å². The van der Waals surface area contributed by atoms with Gasteiger partial charge in [-0.05, 0) is 24.3 Å². The highest BCUT2D eigenvalue weighted by Crippen LogP contribution is 2.53. The summed E-state index contributed by atoms with van der Waals surface area (Å²) in [5.41, 5.74) is 0.0610. The second-order valence-electron chi connectivity index (χ2n) is 5.90. The molecule has 2 bridgehead atoms. The first-order valence-corrected chi connectivity index (χ1v) is 7.37. The first-order valence-electron chi connectivity index (χ1n) is 6.99. The van der Waals surface area contributed by atoms with Gasteiger partial charge in [-0.1, -0.05) is 23.8 Å². The molecule has 0 aromatic heterocycles. The summed E-state index contributed by atoms with van der Waals surface area (Å²) < 4.78 is 0. The molecule has 112 valence electrons. The molecule has 7 heteroatoms. The SMILES string of the molecule is O=C1[C@@H]2[C@H](C(=O)N1c1ccc([N+](=O)[O-])cc1Cl)[C@@H]1C=C[C@H]2C1. The van der Waals surface area contributed by atoms with Gasteiger partial charge in [0.15, 0.2) is 0 Å². The van der Waals surface area contributed by atoms with E-state index in [4.69, 9.17) is 11.6 Å². The Hall–Kier alpha value is -2.21. The number of nitro benzene ring substituents is 1. The molecule has 3 aliphatic rings. The highest BCUT2D eigenvalue weighted by Gasteiger charge is 2.59. The fraction of sp³-hybridized carbons (Fsp3) is 0.333. The zero-order valence-corrected chi connectivity index (χ0v) is 12.1. The number of nitro groups is 1. The molecule has 1 aromatic rings. The number of anilines is 1. The highest BCUT2D eigenvalue weighted by molar-refractivity contribution is 6.36. The van der Waals surface area contributed by atoms with Crippen LogP contribution in [0, 0.1) is 33.8 Å². The lowest BCUT2D eigenvalue weighted by atomic mass is 9.85. The monoisotopic (exact) mass is 318 g/mol. The van der Waals surface area contributed by atoms with Crippen molar-refractivity contribution in [3.05, 3.63) is 45.5 Å². The van der Waals surface area contributed by atoms with Gasteiger partial charge in [0, 0.05) is 12.1 Å². The van der Waals surface area contributed by atoms with Gasteiger partial charge in [-0.25, -0.2) is 4.90 Å². The van der Waals surface area contributed by atoms with E-state index in [2.05, 4.69) is 0 Å². The molecule has 6 nitrogen and oxygen atoms in total. The summed E-state index contributed by atoms with van der Waals surface area (Å²) in [6.07, 6.45) is 4.88. The van der Waals surface area contributed by atoms with Gasteiger partial charge in [0.2, 0.25) is 11.8 Å². The molecule has 1 aliphatic heterocycles. The van der Waals surface area contributed by atoms with Crippen LogP contribution < -0.4 is 4.90 Å². The van der Waals surface area contributed by atoms with Gasteiger partial charge < -0.3 is 0 Å². The molecule has 0 radical (unpaired) electrons. The highest BCUT2D eigenvalue weighted by atomic mass is 35.5. The predicted octanol–water partition coefficient (Wildman–Crippen LogP) is 2.56. The van der Waals surface area contributed by atoms with Crippen molar-refractivity contribution < 1.29 is 14.5 Å². The number of nitrogens with zero attached hydrogens (tertiary/aromatic N) is 2. The zero-order chi connectivity index (χ0) is 15.6. The lowest BCUT2D eigenvalue weighted by molar-refractivity contribution is -0.384. The van der Waals surface area contributed by atoms with Crippen molar-refractivity contribution in [1.29, 1.82) is 0 Å². The molecule has 4 rings (SSSR count). The smallest absolute Gasteiger partial charge is 0.271 e. The third-order valence-electron chi connectivity index (χ3n) is 4.85. The number of fused-ring (bicyclic) bond motifs is 5. The molecule has 2 fully saturated rings. The van der Waals surface area contributed by atoms with E-state index >= 15 is 0 Å². The third kappa shape index (κ3) is 1.61. The van der Waals surface area contributed by atoms with Crippen molar-refractivity contribution >= 4 is 34.8 Å². The van der Waals surface area contributed by atoms with E-state index < -0.39 is 4.92 Å². The number of rotatable bonds is 2. The van der Waals surface area contributed by atoms with Crippen molar-refractivity contribution in [1.82, 2.24) is 0 Å². The molecular formula is C15H11ClN2O4. The lowest BCUT2D eigenvalue weighted by Crippen LogP contribution is -2.33. The van der Waals surface area contributed by atoms with E-state index in [9.17, 15) is 19.7 Å². The van der Waals surface area contributed by atoms with Gasteiger partial charge in [-0.15, -0.1) is 0 Å². The number of allylic oxidation sites excluding steroid dienone is 2. The second-order valence-corrected chi connectivity index (χ2v) is 6.31. The number of benzene rings is 1. The molecule has 2 aliphatic carbocycles. The maximum atomic E-state index is 12.6. The topological polar surface area (TPSA) is 80.5 Å². The van der Waals surface area contributed by atoms with Gasteiger partial charge in [-0.2, -0.15) is 0 Å². The normalized spacial score (nSPS) is 32.0. The van der Waals surface area contributed by atoms with Crippen LogP contribution in [0.1, 0.15) is 6.42 Å². The van der Waals surface area contributed by atoms with Gasteiger partial charge in [0.1, 0.15) is 0 Å². The minimum absolute atomic E-state index is 0.0381. The molecule has 22 heavy (non-hydrogen) atoms. The number of hydrogen-bond acceptors (Lipinski definition) is 4. The van der Waals surface area contributed by atoms with Crippen LogP contribution in [-0.2, 0) is 9.59 Å². The van der Waals surface area contributed by atoms with Crippen LogP contribution >= 0.6 is 11.6 Å². The number of carbonyl (C=O) groups excluding carboxylic acids is 2. The van der Waals surface area contributed by atoms with Crippen LogP contribution in [0.2, 0.25) is 5.02 Å². The summed E-state index contributed by atoms with van der Waals surface area (Å²) in [4.78, 5) is 36.6. The summed E-state index contributed by atoms with van der Waals surface area (Å²) in [5, 5.41) is 10.8. The molecule has 1 saturated heterocycles. The molecule has 4 atom stereocenters. The minimum atomic E-state index is -0.567. The number of hydrogen-bond donors (Lipinski definition) is 0. The molecule has 0 unspecified atom stereocenters. The quantitative estimate of drug-likeness (QED) is 0.363.